The standard InChI is InChI=1S/C25H25ClN2O4/c1-13-10-11-14(2)20-16(13)12-17(23(26)28-20)18-19(24(29)31-3)21(15-8-6-5-7-9-15)27-22(18)25(30)32-4/h5-12,18-19,21-22,27H,1-4H3/t18-,19-,21-,22-/m1/s1. The first kappa shape index (κ1) is 22.2. The zero-order valence-corrected chi connectivity index (χ0v) is 19.1. The molecule has 1 N–H and O–H groups in total. The second-order valence-electron chi connectivity index (χ2n) is 8.09. The first-order valence-corrected chi connectivity index (χ1v) is 10.8. The Bertz CT molecular complexity index is 1180. The SMILES string of the molecule is COC(=O)[C@@H]1[C@@H](c2cc3c(C)ccc(C)c3nc2Cl)[C@H](C(=O)OC)N[C@@H]1c1ccccc1. The molecule has 0 radical (unpaired) electrons. The van der Waals surface area contributed by atoms with Crippen LogP contribution in [-0.4, -0.2) is 37.2 Å². The zero-order chi connectivity index (χ0) is 23.0. The molecule has 2 aromatic carbocycles. The normalized spacial score (nSPS) is 22.7. The van der Waals surface area contributed by atoms with E-state index in [0.29, 0.717) is 5.56 Å². The van der Waals surface area contributed by atoms with Crippen LogP contribution in [-0.2, 0) is 19.1 Å². The predicted octanol–water partition coefficient (Wildman–Crippen LogP) is 4.26. The van der Waals surface area contributed by atoms with Gasteiger partial charge in [0, 0.05) is 17.3 Å². The second kappa shape index (κ2) is 8.88. The number of carbonyl (C=O) groups excluding carboxylic acids is 2. The highest BCUT2D eigenvalue weighted by Gasteiger charge is 2.52. The molecular formula is C25H25ClN2O4. The van der Waals surface area contributed by atoms with E-state index in [-0.39, 0.29) is 5.15 Å². The molecule has 4 atom stereocenters. The van der Waals surface area contributed by atoms with E-state index < -0.39 is 35.9 Å². The van der Waals surface area contributed by atoms with Crippen LogP contribution in [0.2, 0.25) is 5.15 Å². The number of carbonyl (C=O) groups is 2. The van der Waals surface area contributed by atoms with Crippen LogP contribution in [0.3, 0.4) is 0 Å². The second-order valence-corrected chi connectivity index (χ2v) is 8.45. The molecule has 0 bridgehead atoms. The highest BCUT2D eigenvalue weighted by Crippen LogP contribution is 2.46. The van der Waals surface area contributed by atoms with Gasteiger partial charge in [-0.05, 0) is 42.2 Å². The lowest BCUT2D eigenvalue weighted by atomic mass is 9.80. The van der Waals surface area contributed by atoms with Crippen LogP contribution < -0.4 is 5.32 Å². The van der Waals surface area contributed by atoms with E-state index in [1.807, 2.05) is 62.4 Å². The number of benzene rings is 2. The summed E-state index contributed by atoms with van der Waals surface area (Å²) in [5.74, 6) is -2.22. The first-order valence-electron chi connectivity index (χ1n) is 10.4. The van der Waals surface area contributed by atoms with E-state index in [1.165, 1.54) is 14.2 Å². The quantitative estimate of drug-likeness (QED) is 0.470. The Hall–Kier alpha value is -2.96. The number of nitrogens with zero attached hydrogens (tertiary/aromatic N) is 1. The molecule has 0 unspecified atom stereocenters. The Kier molecular flexibility index (Phi) is 6.17. The summed E-state index contributed by atoms with van der Waals surface area (Å²) in [7, 11) is 2.68. The van der Waals surface area contributed by atoms with Gasteiger partial charge in [-0.25, -0.2) is 4.98 Å². The summed E-state index contributed by atoms with van der Waals surface area (Å²) < 4.78 is 10.3. The minimum absolute atomic E-state index is 0.259. The van der Waals surface area contributed by atoms with Gasteiger partial charge in [-0.1, -0.05) is 54.1 Å². The number of ether oxygens (including phenoxy) is 2. The van der Waals surface area contributed by atoms with Crippen LogP contribution >= 0.6 is 11.6 Å². The Balaban J connectivity index is 1.94. The third kappa shape index (κ3) is 3.74. The molecule has 1 fully saturated rings. The molecule has 32 heavy (non-hydrogen) atoms. The van der Waals surface area contributed by atoms with E-state index in [0.717, 1.165) is 27.6 Å². The summed E-state index contributed by atoms with van der Waals surface area (Å²) in [6, 6.07) is 14.2. The van der Waals surface area contributed by atoms with Crippen molar-refractivity contribution in [1.82, 2.24) is 10.3 Å². The van der Waals surface area contributed by atoms with Crippen molar-refractivity contribution < 1.29 is 19.1 Å². The monoisotopic (exact) mass is 452 g/mol. The Morgan fingerprint density at radius 1 is 0.969 bits per heavy atom. The summed E-state index contributed by atoms with van der Waals surface area (Å²) in [5, 5.41) is 4.50. The molecule has 1 aliphatic heterocycles. The molecule has 1 aliphatic rings. The van der Waals surface area contributed by atoms with E-state index >= 15 is 0 Å². The number of halogens is 1. The fraction of sp³-hybridized carbons (Fsp3) is 0.320. The molecular weight excluding hydrogens is 428 g/mol. The average molecular weight is 453 g/mol. The molecule has 3 aromatic rings. The number of aromatic nitrogens is 1. The number of aryl methyl sites for hydroxylation is 2. The number of hydrogen-bond donors (Lipinski definition) is 1. The topological polar surface area (TPSA) is 77.5 Å². The van der Waals surface area contributed by atoms with Gasteiger partial charge in [0.1, 0.15) is 11.2 Å². The van der Waals surface area contributed by atoms with E-state index in [4.69, 9.17) is 21.1 Å². The third-order valence-electron chi connectivity index (χ3n) is 6.30. The van der Waals surface area contributed by atoms with Gasteiger partial charge in [0.2, 0.25) is 0 Å². The van der Waals surface area contributed by atoms with Gasteiger partial charge in [0.25, 0.3) is 0 Å². The molecule has 166 valence electrons. The molecule has 0 amide bonds. The van der Waals surface area contributed by atoms with Gasteiger partial charge in [0.05, 0.1) is 25.7 Å². The Morgan fingerprint density at radius 2 is 1.62 bits per heavy atom. The lowest BCUT2D eigenvalue weighted by Crippen LogP contribution is -2.37. The van der Waals surface area contributed by atoms with Crippen molar-refractivity contribution in [3.8, 4) is 0 Å². The number of methoxy groups -OCH3 is 2. The molecule has 0 aliphatic carbocycles. The summed E-state index contributed by atoms with van der Waals surface area (Å²) in [5.41, 5.74) is 4.32. The van der Waals surface area contributed by atoms with Crippen LogP contribution in [0.15, 0.2) is 48.5 Å². The molecule has 4 rings (SSSR count). The van der Waals surface area contributed by atoms with Crippen molar-refractivity contribution in [3.63, 3.8) is 0 Å². The highest BCUT2D eigenvalue weighted by atomic mass is 35.5. The van der Waals surface area contributed by atoms with Crippen molar-refractivity contribution in [3.05, 3.63) is 75.9 Å². The smallest absolute Gasteiger partial charge is 0.323 e. The molecule has 6 nitrogen and oxygen atoms in total. The molecule has 0 spiro atoms. The highest BCUT2D eigenvalue weighted by molar-refractivity contribution is 6.30. The number of nitrogens with one attached hydrogen (secondary N) is 1. The number of fused-ring (bicyclic) bond motifs is 1. The van der Waals surface area contributed by atoms with Crippen LogP contribution in [0.4, 0.5) is 0 Å². The molecule has 7 heteroatoms. The van der Waals surface area contributed by atoms with Gasteiger partial charge >= 0.3 is 11.9 Å². The number of rotatable bonds is 4. The Labute approximate surface area is 191 Å². The van der Waals surface area contributed by atoms with Gasteiger partial charge in [0.15, 0.2) is 0 Å². The molecule has 1 saturated heterocycles. The minimum Gasteiger partial charge on any atom is -0.469 e. The predicted molar refractivity (Wildman–Crippen MR) is 123 cm³/mol. The molecule has 2 heterocycles. The third-order valence-corrected chi connectivity index (χ3v) is 6.60. The summed E-state index contributed by atoms with van der Waals surface area (Å²) in [4.78, 5) is 30.5. The van der Waals surface area contributed by atoms with Crippen molar-refractivity contribution >= 4 is 34.4 Å². The van der Waals surface area contributed by atoms with Crippen molar-refractivity contribution in [2.45, 2.75) is 31.8 Å². The average Bonchev–Trinajstić information content (AvgIpc) is 3.21. The van der Waals surface area contributed by atoms with E-state index in [9.17, 15) is 9.59 Å². The first-order chi connectivity index (χ1) is 15.4. The lowest BCUT2D eigenvalue weighted by Gasteiger charge is -2.24. The lowest BCUT2D eigenvalue weighted by molar-refractivity contribution is -0.146. The van der Waals surface area contributed by atoms with E-state index in [2.05, 4.69) is 10.3 Å². The largest absolute Gasteiger partial charge is 0.469 e. The number of hydrogen-bond acceptors (Lipinski definition) is 6. The summed E-state index contributed by atoms with van der Waals surface area (Å²) in [6.07, 6.45) is 0. The molecule has 0 saturated carbocycles. The van der Waals surface area contributed by atoms with Gasteiger partial charge in [-0.15, -0.1) is 0 Å². The molecule has 1 aromatic heterocycles. The summed E-state index contributed by atoms with van der Waals surface area (Å²) >= 11 is 6.68. The number of esters is 2. The fourth-order valence-electron chi connectivity index (χ4n) is 4.67. The van der Waals surface area contributed by atoms with Crippen molar-refractivity contribution in [2.24, 2.45) is 5.92 Å². The van der Waals surface area contributed by atoms with Crippen molar-refractivity contribution in [2.75, 3.05) is 14.2 Å². The van der Waals surface area contributed by atoms with Crippen LogP contribution in [0.5, 0.6) is 0 Å². The van der Waals surface area contributed by atoms with Crippen LogP contribution in [0.25, 0.3) is 10.9 Å². The Morgan fingerprint density at radius 3 is 2.28 bits per heavy atom. The summed E-state index contributed by atoms with van der Waals surface area (Å²) in [6.45, 7) is 3.97. The van der Waals surface area contributed by atoms with Crippen LogP contribution in [0.1, 0.15) is 34.2 Å². The van der Waals surface area contributed by atoms with Gasteiger partial charge in [-0.2, -0.15) is 0 Å². The maximum atomic E-state index is 13.1. The number of pyridine rings is 1. The zero-order valence-electron chi connectivity index (χ0n) is 18.4. The fourth-order valence-corrected chi connectivity index (χ4v) is 4.94. The maximum Gasteiger partial charge on any atom is 0.323 e. The van der Waals surface area contributed by atoms with Crippen LogP contribution in [0, 0.1) is 19.8 Å². The van der Waals surface area contributed by atoms with Crippen molar-refractivity contribution in [1.29, 1.82) is 0 Å². The van der Waals surface area contributed by atoms with Gasteiger partial charge in [-0.3, -0.25) is 14.9 Å². The van der Waals surface area contributed by atoms with Gasteiger partial charge < -0.3 is 9.47 Å². The maximum absolute atomic E-state index is 13.1. The minimum atomic E-state index is -0.795. The van der Waals surface area contributed by atoms with E-state index in [1.54, 1.807) is 0 Å².